The molecule has 1 fully saturated rings. The van der Waals surface area contributed by atoms with Crippen LogP contribution in [0.25, 0.3) is 17.0 Å². The molecule has 35 heavy (non-hydrogen) atoms. The maximum Gasteiger partial charge on any atom is 0.335 e. The van der Waals surface area contributed by atoms with Crippen LogP contribution in [0.5, 0.6) is 0 Å². The van der Waals surface area contributed by atoms with E-state index in [9.17, 15) is 18.8 Å². The predicted octanol–water partition coefficient (Wildman–Crippen LogP) is 5.80. The highest BCUT2D eigenvalue weighted by Gasteiger charge is 2.37. The Morgan fingerprint density at radius 3 is 2.43 bits per heavy atom. The summed E-state index contributed by atoms with van der Waals surface area (Å²) in [5.74, 6) is -2.13. The van der Waals surface area contributed by atoms with Crippen LogP contribution in [0.15, 0.2) is 78.5 Å². The van der Waals surface area contributed by atoms with Gasteiger partial charge in [-0.3, -0.25) is 14.9 Å². The van der Waals surface area contributed by atoms with Crippen LogP contribution in [-0.2, 0) is 16.1 Å². The highest BCUT2D eigenvalue weighted by atomic mass is 35.5. The molecule has 174 valence electrons. The SMILES string of the molecule is O=C1NC(=O)N(c2ccc(F)cc2)C(=O)/C1=C\c1cn(Cc2ccc(Cl)cc2Cl)c2ccccc12. The molecule has 1 aliphatic rings. The van der Waals surface area contributed by atoms with Crippen LogP contribution in [-0.4, -0.2) is 22.4 Å². The number of benzene rings is 3. The van der Waals surface area contributed by atoms with Crippen molar-refractivity contribution in [2.24, 2.45) is 0 Å². The van der Waals surface area contributed by atoms with Crippen molar-refractivity contribution in [2.75, 3.05) is 4.90 Å². The molecule has 0 atom stereocenters. The highest BCUT2D eigenvalue weighted by Crippen LogP contribution is 2.29. The van der Waals surface area contributed by atoms with Gasteiger partial charge in [0.15, 0.2) is 0 Å². The molecule has 2 heterocycles. The number of barbiturate groups is 1. The predicted molar refractivity (Wildman–Crippen MR) is 133 cm³/mol. The first kappa shape index (κ1) is 22.8. The van der Waals surface area contributed by atoms with Crippen LogP contribution >= 0.6 is 23.2 Å². The van der Waals surface area contributed by atoms with Gasteiger partial charge in [-0.25, -0.2) is 14.1 Å². The van der Waals surface area contributed by atoms with Crippen LogP contribution in [0.2, 0.25) is 10.0 Å². The second-order valence-corrected chi connectivity index (χ2v) is 8.74. The Labute approximate surface area is 209 Å². The summed E-state index contributed by atoms with van der Waals surface area (Å²) in [4.78, 5) is 39.0. The number of para-hydroxylation sites is 1. The molecule has 0 aliphatic carbocycles. The van der Waals surface area contributed by atoms with Crippen LogP contribution < -0.4 is 10.2 Å². The third-order valence-electron chi connectivity index (χ3n) is 5.66. The molecule has 4 amide bonds. The first-order valence-corrected chi connectivity index (χ1v) is 11.3. The minimum absolute atomic E-state index is 0.145. The van der Waals surface area contributed by atoms with Gasteiger partial charge in [-0.2, -0.15) is 0 Å². The van der Waals surface area contributed by atoms with Gasteiger partial charge in [-0.1, -0.05) is 47.5 Å². The molecular formula is C26H16Cl2FN3O3. The minimum Gasteiger partial charge on any atom is -0.342 e. The zero-order valence-electron chi connectivity index (χ0n) is 18.0. The van der Waals surface area contributed by atoms with E-state index in [2.05, 4.69) is 5.32 Å². The maximum absolute atomic E-state index is 13.3. The van der Waals surface area contributed by atoms with E-state index in [1.165, 1.54) is 18.2 Å². The van der Waals surface area contributed by atoms with Crippen LogP contribution in [0, 0.1) is 5.82 Å². The van der Waals surface area contributed by atoms with Crippen molar-refractivity contribution < 1.29 is 18.8 Å². The lowest BCUT2D eigenvalue weighted by atomic mass is 10.1. The second kappa shape index (κ2) is 9.02. The molecule has 3 aromatic carbocycles. The van der Waals surface area contributed by atoms with Crippen molar-refractivity contribution in [1.29, 1.82) is 0 Å². The van der Waals surface area contributed by atoms with Gasteiger partial charge >= 0.3 is 6.03 Å². The number of hydrogen-bond donors (Lipinski definition) is 1. The molecule has 1 aromatic heterocycles. The van der Waals surface area contributed by atoms with E-state index >= 15 is 0 Å². The summed E-state index contributed by atoms with van der Waals surface area (Å²) < 4.78 is 15.3. The van der Waals surface area contributed by atoms with E-state index < -0.39 is 23.7 Å². The maximum atomic E-state index is 13.3. The van der Waals surface area contributed by atoms with Crippen molar-refractivity contribution in [3.05, 3.63) is 105 Å². The Morgan fingerprint density at radius 1 is 0.943 bits per heavy atom. The lowest BCUT2D eigenvalue weighted by molar-refractivity contribution is -0.122. The van der Waals surface area contributed by atoms with Crippen LogP contribution in [0.1, 0.15) is 11.1 Å². The topological polar surface area (TPSA) is 71.4 Å². The first-order valence-electron chi connectivity index (χ1n) is 10.5. The molecule has 1 saturated heterocycles. The van der Waals surface area contributed by atoms with Crippen molar-refractivity contribution in [1.82, 2.24) is 9.88 Å². The Kier molecular flexibility index (Phi) is 5.88. The van der Waals surface area contributed by atoms with Gasteiger partial charge in [0.1, 0.15) is 11.4 Å². The molecule has 6 nitrogen and oxygen atoms in total. The lowest BCUT2D eigenvalue weighted by Gasteiger charge is -2.26. The number of carbonyl (C=O) groups is 3. The zero-order chi connectivity index (χ0) is 24.7. The normalized spacial score (nSPS) is 15.2. The number of nitrogens with zero attached hydrogens (tertiary/aromatic N) is 2. The summed E-state index contributed by atoms with van der Waals surface area (Å²) in [5, 5.41) is 4.03. The molecule has 9 heteroatoms. The number of carbonyl (C=O) groups excluding carboxylic acids is 3. The molecule has 4 aromatic rings. The van der Waals surface area contributed by atoms with Crippen molar-refractivity contribution in [2.45, 2.75) is 6.54 Å². The summed E-state index contributed by atoms with van der Waals surface area (Å²) in [6.07, 6.45) is 3.25. The van der Waals surface area contributed by atoms with Crippen LogP contribution in [0.4, 0.5) is 14.9 Å². The minimum atomic E-state index is -0.899. The number of hydrogen-bond acceptors (Lipinski definition) is 3. The van der Waals surface area contributed by atoms with Crippen molar-refractivity contribution >= 4 is 63.7 Å². The summed E-state index contributed by atoms with van der Waals surface area (Å²) >= 11 is 12.4. The van der Waals surface area contributed by atoms with E-state index in [0.717, 1.165) is 33.5 Å². The summed E-state index contributed by atoms with van der Waals surface area (Å²) in [5.41, 5.74) is 2.24. The molecule has 0 radical (unpaired) electrons. The van der Waals surface area contributed by atoms with Gasteiger partial charge in [0, 0.05) is 39.3 Å². The smallest absolute Gasteiger partial charge is 0.335 e. The van der Waals surface area contributed by atoms with Crippen LogP contribution in [0.3, 0.4) is 0 Å². The fourth-order valence-electron chi connectivity index (χ4n) is 3.99. The Balaban J connectivity index is 1.57. The highest BCUT2D eigenvalue weighted by molar-refractivity contribution is 6.39. The van der Waals surface area contributed by atoms with Crippen molar-refractivity contribution in [3.63, 3.8) is 0 Å². The molecule has 1 N–H and O–H groups in total. The molecular weight excluding hydrogens is 492 g/mol. The van der Waals surface area contributed by atoms with Gasteiger partial charge in [0.05, 0.1) is 5.69 Å². The molecule has 0 saturated carbocycles. The quantitative estimate of drug-likeness (QED) is 0.280. The van der Waals surface area contributed by atoms with Gasteiger partial charge in [-0.05, 0) is 54.1 Å². The average molecular weight is 508 g/mol. The van der Waals surface area contributed by atoms with Gasteiger partial charge in [0.2, 0.25) is 0 Å². The molecule has 1 aliphatic heterocycles. The Hall–Kier alpha value is -3.94. The average Bonchev–Trinajstić information content (AvgIpc) is 3.17. The number of anilines is 1. The Bertz CT molecular complexity index is 1540. The number of fused-ring (bicyclic) bond motifs is 1. The van der Waals surface area contributed by atoms with E-state index in [1.54, 1.807) is 12.1 Å². The number of aromatic nitrogens is 1. The fourth-order valence-corrected chi connectivity index (χ4v) is 4.46. The summed E-state index contributed by atoms with van der Waals surface area (Å²) in [6.45, 7) is 0.431. The largest absolute Gasteiger partial charge is 0.342 e. The van der Waals surface area contributed by atoms with Crippen molar-refractivity contribution in [3.8, 4) is 0 Å². The zero-order valence-corrected chi connectivity index (χ0v) is 19.5. The number of amides is 4. The first-order chi connectivity index (χ1) is 16.8. The monoisotopic (exact) mass is 507 g/mol. The van der Waals surface area contributed by atoms with E-state index in [0.29, 0.717) is 22.2 Å². The lowest BCUT2D eigenvalue weighted by Crippen LogP contribution is -2.54. The number of rotatable bonds is 4. The number of imide groups is 2. The number of halogens is 3. The number of nitrogens with one attached hydrogen (secondary N) is 1. The standard InChI is InChI=1S/C26H16Cl2FN3O3/c27-17-6-5-15(22(28)12-17)13-31-14-16(20-3-1-2-4-23(20)31)11-21-24(33)30-26(35)32(25(21)34)19-9-7-18(29)8-10-19/h1-12,14H,13H2,(H,30,33,35)/b21-11-. The van der Waals surface area contributed by atoms with E-state index in [1.807, 2.05) is 41.1 Å². The summed E-state index contributed by atoms with van der Waals surface area (Å²) in [6, 6.07) is 16.7. The third-order valence-corrected chi connectivity index (χ3v) is 6.25. The molecule has 0 unspecified atom stereocenters. The van der Waals surface area contributed by atoms with Gasteiger partial charge in [0.25, 0.3) is 11.8 Å². The molecule has 5 rings (SSSR count). The second-order valence-electron chi connectivity index (χ2n) is 7.90. The Morgan fingerprint density at radius 2 is 1.69 bits per heavy atom. The van der Waals surface area contributed by atoms with Gasteiger partial charge in [-0.15, -0.1) is 0 Å². The molecule has 0 bridgehead atoms. The van der Waals surface area contributed by atoms with Gasteiger partial charge < -0.3 is 4.57 Å². The van der Waals surface area contributed by atoms with E-state index in [4.69, 9.17) is 23.2 Å². The fraction of sp³-hybridized carbons (Fsp3) is 0.0385. The summed E-state index contributed by atoms with van der Waals surface area (Å²) in [7, 11) is 0. The van der Waals surface area contributed by atoms with E-state index in [-0.39, 0.29) is 11.3 Å². The molecule has 0 spiro atoms. The third kappa shape index (κ3) is 4.32. The number of urea groups is 1.